The van der Waals surface area contributed by atoms with E-state index in [4.69, 9.17) is 0 Å². The van der Waals surface area contributed by atoms with Gasteiger partial charge in [-0.15, -0.1) is 0 Å². The van der Waals surface area contributed by atoms with Gasteiger partial charge in [-0.25, -0.2) is 19.9 Å². The first-order chi connectivity index (χ1) is 7.92. The van der Waals surface area contributed by atoms with Gasteiger partial charge in [0, 0.05) is 35.9 Å². The third-order valence-electron chi connectivity index (χ3n) is 2.24. The summed E-state index contributed by atoms with van der Waals surface area (Å²) in [5.41, 5.74) is 2.03. The summed E-state index contributed by atoms with van der Waals surface area (Å²) in [5.74, 6) is 0. The van der Waals surface area contributed by atoms with Gasteiger partial charge in [0.05, 0.1) is 6.04 Å². The molecule has 1 N–H and O–H groups in total. The van der Waals surface area contributed by atoms with Gasteiger partial charge in [0.15, 0.2) is 0 Å². The second-order valence-corrected chi connectivity index (χ2v) is 3.33. The molecule has 0 aromatic carbocycles. The van der Waals surface area contributed by atoms with Crippen LogP contribution in [-0.4, -0.2) is 26.5 Å². The van der Waals surface area contributed by atoms with E-state index in [0.717, 1.165) is 17.7 Å². The SMILES string of the molecule is CCNC(c1cncnc1)c1cncnc1. The zero-order valence-corrected chi connectivity index (χ0v) is 9.04. The molecule has 0 unspecified atom stereocenters. The maximum absolute atomic E-state index is 4.02. The Hall–Kier alpha value is -1.88. The van der Waals surface area contributed by atoms with Crippen LogP contribution in [0.3, 0.4) is 0 Å². The van der Waals surface area contributed by atoms with Crippen LogP contribution in [-0.2, 0) is 0 Å². The van der Waals surface area contributed by atoms with Gasteiger partial charge in [0.1, 0.15) is 12.7 Å². The topological polar surface area (TPSA) is 63.6 Å². The van der Waals surface area contributed by atoms with Crippen LogP contribution in [0.4, 0.5) is 0 Å². The molecule has 0 saturated heterocycles. The van der Waals surface area contributed by atoms with Crippen molar-refractivity contribution in [1.29, 1.82) is 0 Å². The fraction of sp³-hybridized carbons (Fsp3) is 0.273. The number of aromatic nitrogens is 4. The number of nitrogens with zero attached hydrogens (tertiary/aromatic N) is 4. The molecule has 0 bridgehead atoms. The molecular weight excluding hydrogens is 202 g/mol. The van der Waals surface area contributed by atoms with Crippen molar-refractivity contribution in [2.75, 3.05) is 6.54 Å². The monoisotopic (exact) mass is 215 g/mol. The van der Waals surface area contributed by atoms with E-state index in [1.165, 1.54) is 12.7 Å². The van der Waals surface area contributed by atoms with Crippen LogP contribution in [0.25, 0.3) is 0 Å². The van der Waals surface area contributed by atoms with Crippen LogP contribution in [0.1, 0.15) is 24.1 Å². The molecular formula is C11H13N5. The summed E-state index contributed by atoms with van der Waals surface area (Å²) in [6.07, 6.45) is 10.2. The van der Waals surface area contributed by atoms with Crippen LogP contribution in [0.2, 0.25) is 0 Å². The van der Waals surface area contributed by atoms with Crippen molar-refractivity contribution in [2.24, 2.45) is 0 Å². The van der Waals surface area contributed by atoms with Crippen LogP contribution >= 0.6 is 0 Å². The van der Waals surface area contributed by atoms with Crippen molar-refractivity contribution in [3.05, 3.63) is 48.6 Å². The highest BCUT2D eigenvalue weighted by molar-refractivity contribution is 5.24. The predicted octanol–water partition coefficient (Wildman–Crippen LogP) is 0.966. The van der Waals surface area contributed by atoms with Crippen molar-refractivity contribution in [3.63, 3.8) is 0 Å². The molecule has 0 radical (unpaired) electrons. The molecule has 16 heavy (non-hydrogen) atoms. The first-order valence-electron chi connectivity index (χ1n) is 5.15. The zero-order chi connectivity index (χ0) is 11.2. The summed E-state index contributed by atoms with van der Waals surface area (Å²) >= 11 is 0. The molecule has 0 atom stereocenters. The Labute approximate surface area is 94.0 Å². The van der Waals surface area contributed by atoms with E-state index in [1.807, 2.05) is 0 Å². The van der Waals surface area contributed by atoms with E-state index >= 15 is 0 Å². The highest BCUT2D eigenvalue weighted by Crippen LogP contribution is 2.18. The lowest BCUT2D eigenvalue weighted by molar-refractivity contribution is 0.621. The lowest BCUT2D eigenvalue weighted by atomic mass is 10.0. The molecule has 0 fully saturated rings. The Morgan fingerprint density at radius 1 is 0.938 bits per heavy atom. The minimum atomic E-state index is 0.0485. The van der Waals surface area contributed by atoms with Gasteiger partial charge in [-0.2, -0.15) is 0 Å². The van der Waals surface area contributed by atoms with E-state index in [2.05, 4.69) is 32.2 Å². The van der Waals surface area contributed by atoms with Crippen molar-refractivity contribution in [3.8, 4) is 0 Å². The fourth-order valence-electron chi connectivity index (χ4n) is 1.55. The lowest BCUT2D eigenvalue weighted by Crippen LogP contribution is -2.22. The van der Waals surface area contributed by atoms with E-state index < -0.39 is 0 Å². The minimum Gasteiger partial charge on any atom is -0.306 e. The van der Waals surface area contributed by atoms with Gasteiger partial charge in [-0.05, 0) is 6.54 Å². The summed E-state index contributed by atoms with van der Waals surface area (Å²) in [6.45, 7) is 2.91. The lowest BCUT2D eigenvalue weighted by Gasteiger charge is -2.16. The molecule has 0 amide bonds. The first-order valence-corrected chi connectivity index (χ1v) is 5.15. The number of hydrogen-bond acceptors (Lipinski definition) is 5. The average molecular weight is 215 g/mol. The molecule has 0 saturated carbocycles. The third kappa shape index (κ3) is 2.38. The highest BCUT2D eigenvalue weighted by Gasteiger charge is 2.13. The molecule has 0 aliphatic heterocycles. The Morgan fingerprint density at radius 3 is 1.75 bits per heavy atom. The fourth-order valence-corrected chi connectivity index (χ4v) is 1.55. The van der Waals surface area contributed by atoms with Gasteiger partial charge in [-0.3, -0.25) is 0 Å². The standard InChI is InChI=1S/C11H13N5/c1-2-16-11(9-3-12-7-13-4-9)10-5-14-8-15-6-10/h3-8,11,16H,2H2,1H3. The normalized spacial score (nSPS) is 10.6. The summed E-state index contributed by atoms with van der Waals surface area (Å²) in [4.78, 5) is 16.1. The minimum absolute atomic E-state index is 0.0485. The van der Waals surface area contributed by atoms with Crippen LogP contribution in [0, 0.1) is 0 Å². The van der Waals surface area contributed by atoms with Crippen LogP contribution in [0.15, 0.2) is 37.4 Å². The van der Waals surface area contributed by atoms with E-state index in [1.54, 1.807) is 24.8 Å². The second kappa shape index (κ2) is 5.27. The Bertz CT molecular complexity index is 377. The number of nitrogens with one attached hydrogen (secondary N) is 1. The number of hydrogen-bond donors (Lipinski definition) is 1. The van der Waals surface area contributed by atoms with Crippen molar-refractivity contribution >= 4 is 0 Å². The van der Waals surface area contributed by atoms with Crippen LogP contribution in [0.5, 0.6) is 0 Å². The maximum atomic E-state index is 4.02. The van der Waals surface area contributed by atoms with Crippen molar-refractivity contribution in [2.45, 2.75) is 13.0 Å². The first kappa shape index (κ1) is 10.6. The second-order valence-electron chi connectivity index (χ2n) is 3.33. The van der Waals surface area contributed by atoms with Gasteiger partial charge in [0.2, 0.25) is 0 Å². The predicted molar refractivity (Wildman–Crippen MR) is 59.6 cm³/mol. The molecule has 0 aliphatic carbocycles. The summed E-state index contributed by atoms with van der Waals surface area (Å²) in [5, 5.41) is 3.36. The maximum Gasteiger partial charge on any atom is 0.115 e. The summed E-state index contributed by atoms with van der Waals surface area (Å²) in [6, 6.07) is 0.0485. The largest absolute Gasteiger partial charge is 0.306 e. The van der Waals surface area contributed by atoms with E-state index in [9.17, 15) is 0 Å². The summed E-state index contributed by atoms with van der Waals surface area (Å²) < 4.78 is 0. The van der Waals surface area contributed by atoms with Gasteiger partial charge >= 0.3 is 0 Å². The van der Waals surface area contributed by atoms with E-state index in [-0.39, 0.29) is 6.04 Å². The Kier molecular flexibility index (Phi) is 3.50. The molecule has 5 heteroatoms. The van der Waals surface area contributed by atoms with Crippen molar-refractivity contribution < 1.29 is 0 Å². The Balaban J connectivity index is 2.31. The zero-order valence-electron chi connectivity index (χ0n) is 9.04. The number of rotatable bonds is 4. The molecule has 82 valence electrons. The molecule has 2 aromatic heterocycles. The molecule has 2 aromatic rings. The quantitative estimate of drug-likeness (QED) is 0.823. The third-order valence-corrected chi connectivity index (χ3v) is 2.24. The molecule has 0 spiro atoms. The Morgan fingerprint density at radius 2 is 1.38 bits per heavy atom. The molecule has 2 rings (SSSR count). The summed E-state index contributed by atoms with van der Waals surface area (Å²) in [7, 11) is 0. The van der Waals surface area contributed by atoms with Gasteiger partial charge in [-0.1, -0.05) is 6.92 Å². The molecule has 5 nitrogen and oxygen atoms in total. The molecule has 2 heterocycles. The van der Waals surface area contributed by atoms with Crippen LogP contribution < -0.4 is 5.32 Å². The van der Waals surface area contributed by atoms with Crippen molar-refractivity contribution in [1.82, 2.24) is 25.3 Å². The average Bonchev–Trinajstić information content (AvgIpc) is 2.38. The molecule has 0 aliphatic rings. The van der Waals surface area contributed by atoms with Gasteiger partial charge in [0.25, 0.3) is 0 Å². The van der Waals surface area contributed by atoms with E-state index in [0.29, 0.717) is 0 Å². The highest BCUT2D eigenvalue weighted by atomic mass is 14.9. The van der Waals surface area contributed by atoms with Gasteiger partial charge < -0.3 is 5.32 Å². The smallest absolute Gasteiger partial charge is 0.115 e.